The van der Waals surface area contributed by atoms with Gasteiger partial charge in [0.15, 0.2) is 0 Å². The summed E-state index contributed by atoms with van der Waals surface area (Å²) in [6.45, 7) is 0. The normalized spacial score (nSPS) is 21.1. The van der Waals surface area contributed by atoms with Crippen LogP contribution in [0.1, 0.15) is 31.7 Å². The fraction of sp³-hybridized carbons (Fsp3) is 0.500. The van der Waals surface area contributed by atoms with Gasteiger partial charge >= 0.3 is 0 Å². The van der Waals surface area contributed by atoms with Gasteiger partial charge in [-0.05, 0) is 37.2 Å². The Morgan fingerprint density at radius 1 is 1.26 bits per heavy atom. The third kappa shape index (κ3) is 4.10. The summed E-state index contributed by atoms with van der Waals surface area (Å²) >= 11 is 1.55. The number of amides is 1. The van der Waals surface area contributed by atoms with Crippen molar-refractivity contribution in [2.24, 2.45) is 0 Å². The highest BCUT2D eigenvalue weighted by Crippen LogP contribution is 2.27. The molecule has 1 N–H and O–H groups in total. The van der Waals surface area contributed by atoms with E-state index in [1.807, 2.05) is 36.6 Å². The van der Waals surface area contributed by atoms with E-state index >= 15 is 0 Å². The van der Waals surface area contributed by atoms with Crippen molar-refractivity contribution in [2.75, 3.05) is 12.0 Å². The number of hydrogen-bond donors (Lipinski definition) is 1. The molecule has 1 aliphatic rings. The molecule has 0 bridgehead atoms. The van der Waals surface area contributed by atoms with Crippen molar-refractivity contribution >= 4 is 17.7 Å². The van der Waals surface area contributed by atoms with Crippen molar-refractivity contribution in [2.45, 2.75) is 37.8 Å². The van der Waals surface area contributed by atoms with Crippen LogP contribution >= 0.6 is 11.8 Å². The molecule has 2 aromatic rings. The van der Waals surface area contributed by atoms with E-state index in [9.17, 15) is 4.79 Å². The zero-order chi connectivity index (χ0) is 16.1. The van der Waals surface area contributed by atoms with Crippen LogP contribution in [0.25, 0.3) is 11.4 Å². The molecule has 0 atom stereocenters. The summed E-state index contributed by atoms with van der Waals surface area (Å²) in [5.74, 6) is 1.33. The van der Waals surface area contributed by atoms with Gasteiger partial charge in [-0.1, -0.05) is 30.3 Å². The first-order chi connectivity index (χ1) is 11.3. The van der Waals surface area contributed by atoms with Crippen LogP contribution in [-0.2, 0) is 4.79 Å². The molecule has 1 aromatic carbocycles. The van der Waals surface area contributed by atoms with Crippen LogP contribution in [0.4, 0.5) is 0 Å². The van der Waals surface area contributed by atoms with E-state index in [1.54, 1.807) is 16.6 Å². The van der Waals surface area contributed by atoms with Crippen molar-refractivity contribution in [3.05, 3.63) is 30.3 Å². The average molecular weight is 331 g/mol. The van der Waals surface area contributed by atoms with Crippen molar-refractivity contribution in [3.63, 3.8) is 0 Å². The number of carbonyl (C=O) groups excluding carboxylic acids is 1. The number of rotatable bonds is 5. The molecule has 3 rings (SSSR count). The van der Waals surface area contributed by atoms with Crippen molar-refractivity contribution in [1.82, 2.24) is 25.5 Å². The molecule has 0 radical (unpaired) electrons. The van der Waals surface area contributed by atoms with Crippen LogP contribution in [0.5, 0.6) is 0 Å². The molecule has 1 aliphatic carbocycles. The van der Waals surface area contributed by atoms with Gasteiger partial charge in [0.2, 0.25) is 11.7 Å². The maximum atomic E-state index is 11.7. The molecule has 1 saturated carbocycles. The highest BCUT2D eigenvalue weighted by atomic mass is 32.2. The lowest BCUT2D eigenvalue weighted by Crippen LogP contribution is -2.39. The summed E-state index contributed by atoms with van der Waals surface area (Å²) in [4.78, 5) is 13.4. The second-order valence-electron chi connectivity index (χ2n) is 5.81. The van der Waals surface area contributed by atoms with E-state index in [4.69, 9.17) is 0 Å². The lowest BCUT2D eigenvalue weighted by molar-refractivity contribution is -0.119. The molecule has 1 amide bonds. The van der Waals surface area contributed by atoms with Gasteiger partial charge in [-0.25, -0.2) is 0 Å². The summed E-state index contributed by atoms with van der Waals surface area (Å²) in [7, 11) is 0. The second-order valence-corrected chi connectivity index (χ2v) is 6.67. The predicted molar refractivity (Wildman–Crippen MR) is 91.1 cm³/mol. The number of benzene rings is 1. The number of carbonyl (C=O) groups is 1. The van der Waals surface area contributed by atoms with Gasteiger partial charge in [-0.15, -0.1) is 10.2 Å². The highest BCUT2D eigenvalue weighted by molar-refractivity contribution is 7.99. The number of hydrogen-bond acceptors (Lipinski definition) is 5. The number of tetrazole rings is 1. The van der Waals surface area contributed by atoms with E-state index < -0.39 is 0 Å². The zero-order valence-electron chi connectivity index (χ0n) is 13.2. The molecule has 0 unspecified atom stereocenters. The summed E-state index contributed by atoms with van der Waals surface area (Å²) in [6, 6.07) is 10.4. The molecule has 6 nitrogen and oxygen atoms in total. The first kappa shape index (κ1) is 16.0. The van der Waals surface area contributed by atoms with Crippen LogP contribution in [0, 0.1) is 0 Å². The SMILES string of the molecule is CSCC(=O)NC1CCC(n2nnc(-c3ccccc3)n2)CC1. The Morgan fingerprint density at radius 3 is 2.70 bits per heavy atom. The van der Waals surface area contributed by atoms with Gasteiger partial charge in [0.1, 0.15) is 0 Å². The Balaban J connectivity index is 1.56. The van der Waals surface area contributed by atoms with Gasteiger partial charge in [0, 0.05) is 11.6 Å². The summed E-state index contributed by atoms with van der Waals surface area (Å²) < 4.78 is 0. The van der Waals surface area contributed by atoms with E-state index in [2.05, 4.69) is 20.7 Å². The summed E-state index contributed by atoms with van der Waals surface area (Å²) in [5, 5.41) is 16.0. The van der Waals surface area contributed by atoms with Gasteiger partial charge in [0.25, 0.3) is 0 Å². The third-order valence-electron chi connectivity index (χ3n) is 4.12. The number of aromatic nitrogens is 4. The van der Waals surface area contributed by atoms with Crippen LogP contribution in [0.2, 0.25) is 0 Å². The first-order valence-electron chi connectivity index (χ1n) is 7.89. The molecule has 0 saturated heterocycles. The Kier molecular flexibility index (Phi) is 5.27. The minimum atomic E-state index is 0.131. The van der Waals surface area contributed by atoms with Gasteiger partial charge in [0.05, 0.1) is 11.8 Å². The number of thioether (sulfide) groups is 1. The molecule has 0 spiro atoms. The largest absolute Gasteiger partial charge is 0.353 e. The summed E-state index contributed by atoms with van der Waals surface area (Å²) in [5.41, 5.74) is 0.983. The van der Waals surface area contributed by atoms with Crippen molar-refractivity contribution in [1.29, 1.82) is 0 Å². The minimum Gasteiger partial charge on any atom is -0.353 e. The maximum absolute atomic E-state index is 11.7. The molecule has 1 aromatic heterocycles. The van der Waals surface area contributed by atoms with Crippen LogP contribution in [-0.4, -0.2) is 44.2 Å². The van der Waals surface area contributed by atoms with E-state index in [0.29, 0.717) is 11.6 Å². The molecule has 1 heterocycles. The monoisotopic (exact) mass is 331 g/mol. The lowest BCUT2D eigenvalue weighted by Gasteiger charge is -2.28. The van der Waals surface area contributed by atoms with Crippen molar-refractivity contribution < 1.29 is 4.79 Å². The lowest BCUT2D eigenvalue weighted by atomic mass is 9.91. The quantitative estimate of drug-likeness (QED) is 0.910. The number of nitrogens with one attached hydrogen (secondary N) is 1. The molecule has 1 fully saturated rings. The van der Waals surface area contributed by atoms with E-state index in [1.165, 1.54) is 0 Å². The predicted octanol–water partition coefficient (Wildman–Crippen LogP) is 2.30. The van der Waals surface area contributed by atoms with Crippen LogP contribution in [0.3, 0.4) is 0 Å². The van der Waals surface area contributed by atoms with Gasteiger partial charge < -0.3 is 5.32 Å². The van der Waals surface area contributed by atoms with Gasteiger partial charge in [-0.2, -0.15) is 16.6 Å². The minimum absolute atomic E-state index is 0.131. The molecule has 7 heteroatoms. The Morgan fingerprint density at radius 2 is 2.00 bits per heavy atom. The molecule has 0 aliphatic heterocycles. The Labute approximate surface area is 140 Å². The zero-order valence-corrected chi connectivity index (χ0v) is 14.0. The van der Waals surface area contributed by atoms with Gasteiger partial charge in [-0.3, -0.25) is 4.79 Å². The smallest absolute Gasteiger partial charge is 0.230 e. The molecular weight excluding hydrogens is 310 g/mol. The second kappa shape index (κ2) is 7.59. The molecule has 122 valence electrons. The fourth-order valence-corrected chi connectivity index (χ4v) is 3.28. The van der Waals surface area contributed by atoms with E-state index in [0.717, 1.165) is 31.2 Å². The Bertz CT molecular complexity index is 637. The Hall–Kier alpha value is -1.89. The van der Waals surface area contributed by atoms with E-state index in [-0.39, 0.29) is 18.0 Å². The topological polar surface area (TPSA) is 72.7 Å². The standard InChI is InChI=1S/C16H21N5OS/c1-23-11-15(22)17-13-7-9-14(10-8-13)21-19-16(18-20-21)12-5-3-2-4-6-12/h2-6,13-14H,7-11H2,1H3,(H,17,22). The maximum Gasteiger partial charge on any atom is 0.230 e. The van der Waals surface area contributed by atoms with Crippen LogP contribution < -0.4 is 5.32 Å². The molecule has 23 heavy (non-hydrogen) atoms. The summed E-state index contributed by atoms with van der Waals surface area (Å²) in [6.07, 6.45) is 5.81. The third-order valence-corrected chi connectivity index (χ3v) is 4.67. The molecular formula is C16H21N5OS. The number of nitrogens with zero attached hydrogens (tertiary/aromatic N) is 4. The highest BCUT2D eigenvalue weighted by Gasteiger charge is 2.25. The average Bonchev–Trinajstić information content (AvgIpc) is 3.07. The van der Waals surface area contributed by atoms with Crippen molar-refractivity contribution in [3.8, 4) is 11.4 Å². The van der Waals surface area contributed by atoms with Crippen LogP contribution in [0.15, 0.2) is 30.3 Å². The fourth-order valence-electron chi connectivity index (χ4n) is 2.93. The first-order valence-corrected chi connectivity index (χ1v) is 9.29.